The predicted molar refractivity (Wildman–Crippen MR) is 62.7 cm³/mol. The van der Waals surface area contributed by atoms with Crippen molar-refractivity contribution in [1.29, 1.82) is 0 Å². The molecule has 1 saturated carbocycles. The third kappa shape index (κ3) is 2.99. The second-order valence-corrected chi connectivity index (χ2v) is 4.39. The van der Waals surface area contributed by atoms with Crippen molar-refractivity contribution in [3.63, 3.8) is 0 Å². The van der Waals surface area contributed by atoms with Crippen LogP contribution in [0.2, 0.25) is 0 Å². The van der Waals surface area contributed by atoms with Crippen molar-refractivity contribution in [2.45, 2.75) is 31.8 Å². The molecule has 1 aromatic heterocycles. The first kappa shape index (κ1) is 12.4. The summed E-state index contributed by atoms with van der Waals surface area (Å²) in [4.78, 5) is 29.3. The highest BCUT2D eigenvalue weighted by molar-refractivity contribution is 5.76. The minimum atomic E-state index is -0.841. The van der Waals surface area contributed by atoms with Crippen LogP contribution in [0.4, 0.5) is 4.79 Å². The van der Waals surface area contributed by atoms with Gasteiger partial charge in [0.05, 0.1) is 24.5 Å². The summed E-state index contributed by atoms with van der Waals surface area (Å²) in [6.45, 7) is 0.344. The van der Waals surface area contributed by atoms with Crippen LogP contribution in [0.5, 0.6) is 0 Å². The fourth-order valence-electron chi connectivity index (χ4n) is 2.20. The number of carboxylic acids is 1. The predicted octanol–water partition coefficient (Wildman–Crippen LogP) is 0.462. The molecule has 98 valence electrons. The molecule has 4 N–H and O–H groups in total. The van der Waals surface area contributed by atoms with Crippen LogP contribution in [0.3, 0.4) is 0 Å². The van der Waals surface area contributed by atoms with Crippen LogP contribution in [0.25, 0.3) is 0 Å². The largest absolute Gasteiger partial charge is 0.481 e. The number of nitrogens with one attached hydrogen (secondary N) is 3. The Kier molecular flexibility index (Phi) is 3.81. The van der Waals surface area contributed by atoms with Crippen molar-refractivity contribution in [3.05, 3.63) is 18.2 Å². The number of carboxylic acid groups (broad SMARTS) is 1. The Morgan fingerprint density at radius 3 is 3.00 bits per heavy atom. The summed E-state index contributed by atoms with van der Waals surface area (Å²) in [5.41, 5.74) is 0.798. The van der Waals surface area contributed by atoms with E-state index in [1.807, 2.05) is 0 Å². The zero-order chi connectivity index (χ0) is 13.0. The molecule has 0 radical (unpaired) electrons. The van der Waals surface area contributed by atoms with E-state index in [0.29, 0.717) is 19.4 Å². The lowest BCUT2D eigenvalue weighted by Crippen LogP contribution is -2.45. The highest BCUT2D eigenvalue weighted by atomic mass is 16.4. The van der Waals surface area contributed by atoms with Crippen molar-refractivity contribution in [2.75, 3.05) is 0 Å². The number of urea groups is 1. The number of nitrogens with zero attached hydrogens (tertiary/aromatic N) is 1. The number of carbonyl (C=O) groups is 2. The average Bonchev–Trinajstić information content (AvgIpc) is 2.96. The second-order valence-electron chi connectivity index (χ2n) is 4.39. The molecule has 1 aliphatic carbocycles. The molecule has 2 atom stereocenters. The number of hydrogen-bond acceptors (Lipinski definition) is 3. The molecule has 1 aliphatic rings. The van der Waals surface area contributed by atoms with Gasteiger partial charge in [-0.2, -0.15) is 0 Å². The van der Waals surface area contributed by atoms with Crippen LogP contribution in [0.1, 0.15) is 25.0 Å². The van der Waals surface area contributed by atoms with E-state index in [9.17, 15) is 9.59 Å². The molecule has 18 heavy (non-hydrogen) atoms. The molecule has 2 amide bonds. The molecule has 2 unspecified atom stereocenters. The number of rotatable bonds is 4. The molecule has 0 saturated heterocycles. The van der Waals surface area contributed by atoms with Crippen molar-refractivity contribution in [3.8, 4) is 0 Å². The van der Waals surface area contributed by atoms with E-state index < -0.39 is 11.9 Å². The van der Waals surface area contributed by atoms with Gasteiger partial charge in [0, 0.05) is 12.2 Å². The first-order chi connectivity index (χ1) is 8.66. The summed E-state index contributed by atoms with van der Waals surface area (Å²) >= 11 is 0. The van der Waals surface area contributed by atoms with Gasteiger partial charge in [0.25, 0.3) is 0 Å². The lowest BCUT2D eigenvalue weighted by molar-refractivity contribution is -0.142. The fourth-order valence-corrected chi connectivity index (χ4v) is 2.20. The number of imidazole rings is 1. The van der Waals surface area contributed by atoms with Crippen LogP contribution in [-0.4, -0.2) is 33.1 Å². The molecule has 0 aliphatic heterocycles. The van der Waals surface area contributed by atoms with Crippen molar-refractivity contribution < 1.29 is 14.7 Å². The van der Waals surface area contributed by atoms with Crippen LogP contribution in [-0.2, 0) is 11.3 Å². The van der Waals surface area contributed by atoms with E-state index >= 15 is 0 Å². The van der Waals surface area contributed by atoms with E-state index in [1.54, 1.807) is 6.20 Å². The number of H-pyrrole nitrogens is 1. The molecule has 7 heteroatoms. The van der Waals surface area contributed by atoms with Gasteiger partial charge in [-0.3, -0.25) is 4.79 Å². The van der Waals surface area contributed by atoms with Gasteiger partial charge < -0.3 is 20.7 Å². The van der Waals surface area contributed by atoms with Crippen molar-refractivity contribution in [2.24, 2.45) is 5.92 Å². The van der Waals surface area contributed by atoms with E-state index in [0.717, 1.165) is 12.1 Å². The Balaban J connectivity index is 1.78. The van der Waals surface area contributed by atoms with Gasteiger partial charge in [-0.15, -0.1) is 0 Å². The van der Waals surface area contributed by atoms with Crippen LogP contribution >= 0.6 is 0 Å². The maximum atomic E-state index is 11.6. The van der Waals surface area contributed by atoms with Crippen molar-refractivity contribution >= 4 is 12.0 Å². The number of amides is 2. The molecular formula is C11H16N4O3. The summed E-state index contributed by atoms with van der Waals surface area (Å²) in [5.74, 6) is -1.31. The smallest absolute Gasteiger partial charge is 0.315 e. The Hall–Kier alpha value is -2.05. The third-order valence-electron chi connectivity index (χ3n) is 3.14. The molecule has 0 aromatic carbocycles. The summed E-state index contributed by atoms with van der Waals surface area (Å²) in [5, 5.41) is 14.4. The summed E-state index contributed by atoms with van der Waals surface area (Å²) < 4.78 is 0. The van der Waals surface area contributed by atoms with Gasteiger partial charge in [0.15, 0.2) is 0 Å². The lowest BCUT2D eigenvalue weighted by atomic mass is 10.0. The van der Waals surface area contributed by atoms with Crippen LogP contribution in [0.15, 0.2) is 12.5 Å². The maximum Gasteiger partial charge on any atom is 0.315 e. The summed E-state index contributed by atoms with van der Waals surface area (Å²) in [7, 11) is 0. The summed E-state index contributed by atoms with van der Waals surface area (Å²) in [6.07, 6.45) is 5.33. The number of aromatic amines is 1. The number of hydrogen-bond donors (Lipinski definition) is 4. The van der Waals surface area contributed by atoms with Gasteiger partial charge in [-0.05, 0) is 12.8 Å². The van der Waals surface area contributed by atoms with Crippen molar-refractivity contribution in [1.82, 2.24) is 20.6 Å². The second kappa shape index (κ2) is 5.52. The monoisotopic (exact) mass is 252 g/mol. The quantitative estimate of drug-likeness (QED) is 0.624. The van der Waals surface area contributed by atoms with Crippen LogP contribution < -0.4 is 10.6 Å². The average molecular weight is 252 g/mol. The van der Waals surface area contributed by atoms with E-state index in [2.05, 4.69) is 20.6 Å². The molecule has 0 bridgehead atoms. The molecule has 1 heterocycles. The first-order valence-electron chi connectivity index (χ1n) is 5.91. The van der Waals surface area contributed by atoms with E-state index in [1.165, 1.54) is 6.33 Å². The van der Waals surface area contributed by atoms with E-state index in [-0.39, 0.29) is 12.1 Å². The Labute approximate surface area is 104 Å². The SMILES string of the molecule is O=C(NCc1cnc[nH]1)NC1CCCC1C(=O)O. The molecule has 7 nitrogen and oxygen atoms in total. The zero-order valence-electron chi connectivity index (χ0n) is 9.85. The van der Waals surface area contributed by atoms with Gasteiger partial charge >= 0.3 is 12.0 Å². The highest BCUT2D eigenvalue weighted by Crippen LogP contribution is 2.25. The number of carbonyl (C=O) groups excluding carboxylic acids is 1. The Morgan fingerprint density at radius 2 is 2.33 bits per heavy atom. The first-order valence-corrected chi connectivity index (χ1v) is 5.91. The van der Waals surface area contributed by atoms with E-state index in [4.69, 9.17) is 5.11 Å². The van der Waals surface area contributed by atoms with Gasteiger partial charge in [0.2, 0.25) is 0 Å². The lowest BCUT2D eigenvalue weighted by Gasteiger charge is -2.17. The normalized spacial score (nSPS) is 22.7. The standard InChI is InChI=1S/C11H16N4O3/c16-10(17)8-2-1-3-9(8)15-11(18)13-5-7-4-12-6-14-7/h4,6,8-9H,1-3,5H2,(H,12,14)(H,16,17)(H2,13,15,18). The third-order valence-corrected chi connectivity index (χ3v) is 3.14. The minimum absolute atomic E-state index is 0.274. The molecule has 1 aromatic rings. The molecule has 2 rings (SSSR count). The molecule has 1 fully saturated rings. The van der Waals surface area contributed by atoms with Gasteiger partial charge in [-0.25, -0.2) is 9.78 Å². The highest BCUT2D eigenvalue weighted by Gasteiger charge is 2.33. The topological polar surface area (TPSA) is 107 Å². The Morgan fingerprint density at radius 1 is 1.50 bits per heavy atom. The van der Waals surface area contributed by atoms with Crippen LogP contribution in [0, 0.1) is 5.92 Å². The molecule has 0 spiro atoms. The minimum Gasteiger partial charge on any atom is -0.481 e. The number of aliphatic carboxylic acids is 1. The number of aromatic nitrogens is 2. The summed E-state index contributed by atoms with van der Waals surface area (Å²) in [6, 6.07) is -0.619. The fraction of sp³-hybridized carbons (Fsp3) is 0.545. The zero-order valence-corrected chi connectivity index (χ0v) is 9.85. The van der Waals surface area contributed by atoms with Gasteiger partial charge in [-0.1, -0.05) is 6.42 Å². The maximum absolute atomic E-state index is 11.6. The molecular weight excluding hydrogens is 236 g/mol. The van der Waals surface area contributed by atoms with Gasteiger partial charge in [0.1, 0.15) is 0 Å². The Bertz CT molecular complexity index is 418.